The van der Waals surface area contributed by atoms with Crippen LogP contribution in [0.2, 0.25) is 0 Å². The Morgan fingerprint density at radius 1 is 0.507 bits per heavy atom. The van der Waals surface area contributed by atoms with E-state index in [-0.39, 0.29) is 63.7 Å². The highest BCUT2D eigenvalue weighted by Crippen LogP contribution is 2.52. The first kappa shape index (κ1) is 53.6. The molecule has 6 rings (SSSR count). The van der Waals surface area contributed by atoms with Crippen LogP contribution in [0.25, 0.3) is 0 Å². The maximum Gasteiger partial charge on any atom is 0.313 e. The number of esters is 9. The second-order valence-corrected chi connectivity index (χ2v) is 23.1. The monoisotopic (exact) mass is 974 g/mol. The van der Waals surface area contributed by atoms with Crippen molar-refractivity contribution >= 4 is 53.7 Å². The molecular weight excluding hydrogens is 901 g/mol. The molecule has 69 heavy (non-hydrogen) atoms. The van der Waals surface area contributed by atoms with E-state index in [4.69, 9.17) is 42.6 Å². The highest BCUT2D eigenvalue weighted by atomic mass is 16.6. The highest BCUT2D eigenvalue weighted by molar-refractivity contribution is 5.90. The van der Waals surface area contributed by atoms with Gasteiger partial charge in [0.1, 0.15) is 56.4 Å². The summed E-state index contributed by atoms with van der Waals surface area (Å²) < 4.78 is 51.7. The number of hydrogen-bond donors (Lipinski definition) is 0. The van der Waals surface area contributed by atoms with E-state index in [1.54, 1.807) is 83.1 Å². The SMILES string of the molecule is CCC(COC(=O)C(CC1C(=O)OC(C)C1C)C1(C)CC(C)OC1=O)(COC(=O)C(CC1(C)CC(C)OC1=O)C1(C)CC(C)OC1=O)COC(=O)C(CC1(C)CC(C)OC1=O)C1(C)CC(C)OC1=O. The zero-order chi connectivity index (χ0) is 51.4. The maximum atomic E-state index is 14.7. The van der Waals surface area contributed by atoms with Crippen LogP contribution in [0.5, 0.6) is 0 Å². The van der Waals surface area contributed by atoms with Crippen LogP contribution in [0.3, 0.4) is 0 Å². The summed E-state index contributed by atoms with van der Waals surface area (Å²) in [7, 11) is 0. The summed E-state index contributed by atoms with van der Waals surface area (Å²) in [5, 5.41) is 0. The molecule has 16 atom stereocenters. The lowest BCUT2D eigenvalue weighted by Crippen LogP contribution is -2.47. The first-order valence-corrected chi connectivity index (χ1v) is 24.7. The fourth-order valence-corrected chi connectivity index (χ4v) is 12.0. The third-order valence-electron chi connectivity index (χ3n) is 16.8. The minimum Gasteiger partial charge on any atom is -0.465 e. The van der Waals surface area contributed by atoms with Crippen LogP contribution in [-0.2, 0) is 85.8 Å². The Hall–Kier alpha value is -4.77. The molecule has 6 aliphatic heterocycles. The van der Waals surface area contributed by atoms with Gasteiger partial charge in [-0.1, -0.05) is 13.8 Å². The van der Waals surface area contributed by atoms with Crippen LogP contribution in [0, 0.1) is 62.1 Å². The molecule has 0 spiro atoms. The second kappa shape index (κ2) is 19.4. The van der Waals surface area contributed by atoms with Gasteiger partial charge in [-0.3, -0.25) is 43.2 Å². The molecular formula is C51H74O18. The number of carbonyl (C=O) groups excluding carboxylic acids is 9. The van der Waals surface area contributed by atoms with Crippen molar-refractivity contribution in [3.05, 3.63) is 0 Å². The minimum atomic E-state index is -1.51. The molecule has 6 heterocycles. The van der Waals surface area contributed by atoms with Crippen molar-refractivity contribution in [2.75, 3.05) is 19.8 Å². The maximum absolute atomic E-state index is 14.7. The highest BCUT2D eigenvalue weighted by Gasteiger charge is 2.60. The van der Waals surface area contributed by atoms with Gasteiger partial charge in [-0.25, -0.2) is 0 Å². The fourth-order valence-electron chi connectivity index (χ4n) is 12.0. The van der Waals surface area contributed by atoms with Crippen molar-refractivity contribution in [1.29, 1.82) is 0 Å². The normalized spacial score (nSPS) is 39.6. The first-order chi connectivity index (χ1) is 31.9. The number of hydrogen-bond acceptors (Lipinski definition) is 18. The molecule has 6 fully saturated rings. The summed E-state index contributed by atoms with van der Waals surface area (Å²) in [6.45, 7) is 20.4. The van der Waals surface area contributed by atoms with E-state index < -0.39 is 166 Å². The molecule has 0 amide bonds. The lowest BCUT2D eigenvalue weighted by Gasteiger charge is -2.37. The summed E-state index contributed by atoms with van der Waals surface area (Å²) in [5.74, 6) is -10.6. The Labute approximate surface area is 404 Å². The van der Waals surface area contributed by atoms with Crippen molar-refractivity contribution in [3.63, 3.8) is 0 Å². The van der Waals surface area contributed by atoms with E-state index in [1.165, 1.54) is 0 Å². The van der Waals surface area contributed by atoms with Crippen LogP contribution in [0.15, 0.2) is 0 Å². The standard InChI is InChI=1S/C51H74O18/c1-14-51(23-61-38(53)34(48(11)18-28(4)66-43(48)58)15-33-31(7)32(8)69-37(33)52,24-62-39(54)35(49(12)19-29(5)67-44(49)59)21-46(9)16-26(2)64-41(46)56)25-63-40(55)36(50(13)20-30(6)68-45(50)60)22-47(10)17-27(3)65-42(47)57/h26-36H,14-25H2,1-13H3. The quantitative estimate of drug-likeness (QED) is 0.108. The number of ether oxygens (including phenoxy) is 9. The summed E-state index contributed by atoms with van der Waals surface area (Å²) in [6.07, 6.45) is -2.13. The first-order valence-electron chi connectivity index (χ1n) is 24.7. The van der Waals surface area contributed by atoms with Gasteiger partial charge in [0.25, 0.3) is 0 Å². The molecule has 0 bridgehead atoms. The summed E-state index contributed by atoms with van der Waals surface area (Å²) in [4.78, 5) is 124. The minimum absolute atomic E-state index is 0.0521. The molecule has 16 unspecified atom stereocenters. The molecule has 0 radical (unpaired) electrons. The Kier molecular flexibility index (Phi) is 15.1. The van der Waals surface area contributed by atoms with Gasteiger partial charge in [0.2, 0.25) is 0 Å². The van der Waals surface area contributed by atoms with Crippen LogP contribution in [-0.4, -0.2) is 110 Å². The molecule has 386 valence electrons. The number of rotatable bonds is 19. The van der Waals surface area contributed by atoms with Crippen molar-refractivity contribution in [3.8, 4) is 0 Å². The number of cyclic esters (lactones) is 6. The van der Waals surface area contributed by atoms with Gasteiger partial charge in [0, 0.05) is 25.2 Å². The van der Waals surface area contributed by atoms with Crippen LogP contribution in [0.1, 0.15) is 148 Å². The molecule has 0 aromatic carbocycles. The Bertz CT molecular complexity index is 1990. The number of carbonyl (C=O) groups is 9. The Morgan fingerprint density at radius 2 is 0.826 bits per heavy atom. The van der Waals surface area contributed by atoms with Gasteiger partial charge in [0.05, 0.1) is 56.2 Å². The Morgan fingerprint density at radius 3 is 1.10 bits per heavy atom. The van der Waals surface area contributed by atoms with Crippen LogP contribution in [0.4, 0.5) is 0 Å². The molecule has 18 heteroatoms. The topological polar surface area (TPSA) is 237 Å². The molecule has 0 aliphatic carbocycles. The molecule has 0 N–H and O–H groups in total. The average Bonchev–Trinajstić information content (AvgIpc) is 4.00. The zero-order valence-electron chi connectivity index (χ0n) is 42.7. The lowest BCUT2D eigenvalue weighted by atomic mass is 9.67. The molecule has 0 aromatic heterocycles. The lowest BCUT2D eigenvalue weighted by molar-refractivity contribution is -0.178. The van der Waals surface area contributed by atoms with Gasteiger partial charge >= 0.3 is 53.7 Å². The van der Waals surface area contributed by atoms with Gasteiger partial charge in [-0.05, 0) is 115 Å². The molecule has 18 nitrogen and oxygen atoms in total. The van der Waals surface area contributed by atoms with E-state index in [1.807, 2.05) is 6.92 Å². The van der Waals surface area contributed by atoms with E-state index in [9.17, 15) is 43.2 Å². The van der Waals surface area contributed by atoms with Gasteiger partial charge in [-0.2, -0.15) is 0 Å². The predicted molar refractivity (Wildman–Crippen MR) is 240 cm³/mol. The van der Waals surface area contributed by atoms with E-state index in [2.05, 4.69) is 0 Å². The summed E-state index contributed by atoms with van der Waals surface area (Å²) in [6, 6.07) is 0. The third-order valence-corrected chi connectivity index (χ3v) is 16.8. The van der Waals surface area contributed by atoms with E-state index >= 15 is 0 Å². The van der Waals surface area contributed by atoms with Gasteiger partial charge in [0.15, 0.2) is 0 Å². The second-order valence-electron chi connectivity index (χ2n) is 23.1. The van der Waals surface area contributed by atoms with Gasteiger partial charge < -0.3 is 42.6 Å². The largest absolute Gasteiger partial charge is 0.465 e. The molecule has 0 saturated carbocycles. The van der Waals surface area contributed by atoms with E-state index in [0.29, 0.717) is 0 Å². The zero-order valence-corrected chi connectivity index (χ0v) is 42.7. The fraction of sp³-hybridized carbons (Fsp3) is 0.824. The molecule has 6 aliphatic rings. The third kappa shape index (κ3) is 10.4. The predicted octanol–water partition coefficient (Wildman–Crippen LogP) is 5.94. The van der Waals surface area contributed by atoms with Crippen molar-refractivity contribution in [1.82, 2.24) is 0 Å². The van der Waals surface area contributed by atoms with Crippen molar-refractivity contribution in [2.24, 2.45) is 62.1 Å². The van der Waals surface area contributed by atoms with Crippen molar-refractivity contribution in [2.45, 2.75) is 184 Å². The average molecular weight is 975 g/mol. The van der Waals surface area contributed by atoms with Gasteiger partial charge in [-0.15, -0.1) is 0 Å². The van der Waals surface area contributed by atoms with E-state index in [0.717, 1.165) is 0 Å². The molecule has 0 aromatic rings. The smallest absolute Gasteiger partial charge is 0.313 e. The Balaban J connectivity index is 1.34. The van der Waals surface area contributed by atoms with Crippen LogP contribution < -0.4 is 0 Å². The summed E-state index contributed by atoms with van der Waals surface area (Å²) in [5.41, 5.74) is -8.03. The van der Waals surface area contributed by atoms with Crippen molar-refractivity contribution < 1.29 is 85.8 Å². The van der Waals surface area contributed by atoms with Crippen LogP contribution >= 0.6 is 0 Å². The summed E-state index contributed by atoms with van der Waals surface area (Å²) >= 11 is 0. The molecule has 6 saturated heterocycles.